The van der Waals surface area contributed by atoms with Crippen molar-refractivity contribution < 1.29 is 45.2 Å². The molecule has 1 radical (unpaired) electrons. The number of hydrogen-bond donors (Lipinski definition) is 0. The highest BCUT2D eigenvalue weighted by molar-refractivity contribution is 8.35. The summed E-state index contributed by atoms with van der Waals surface area (Å²) in [5.41, 5.74) is 0. The molecular formula is C25H46O10PS2Si5. The second kappa shape index (κ2) is 16.0. The highest BCUT2D eigenvalue weighted by Gasteiger charge is 2.49. The molecule has 243 valence electrons. The minimum absolute atomic E-state index is 0.297. The van der Waals surface area contributed by atoms with Crippen LogP contribution in [0.4, 0.5) is 0 Å². The van der Waals surface area contributed by atoms with Gasteiger partial charge < -0.3 is 35.6 Å². The molecular weight excluding hydrogens is 696 g/mol. The van der Waals surface area contributed by atoms with Gasteiger partial charge in [0.2, 0.25) is 6.29 Å². The molecule has 0 spiro atoms. The third kappa shape index (κ3) is 14.8. The van der Waals surface area contributed by atoms with Crippen LogP contribution >= 0.6 is 6.92 Å². The summed E-state index contributed by atoms with van der Waals surface area (Å²) in [4.78, 5) is 38.0. The number of hydrogen-bond acceptors (Lipinski definition) is 11. The van der Waals surface area contributed by atoms with Gasteiger partial charge in [-0.2, -0.15) is 0 Å². The molecule has 1 aromatic carbocycles. The second-order valence-electron chi connectivity index (χ2n) is 13.0. The number of rotatable bonds is 17. The second-order valence-corrected chi connectivity index (χ2v) is 35.1. The van der Waals surface area contributed by atoms with E-state index in [9.17, 15) is 14.5 Å². The monoisotopic (exact) mass is 741 g/mol. The van der Waals surface area contributed by atoms with Crippen molar-refractivity contribution in [1.29, 1.82) is 0 Å². The van der Waals surface area contributed by atoms with Gasteiger partial charge in [0.15, 0.2) is 28.9 Å². The summed E-state index contributed by atoms with van der Waals surface area (Å²) in [6, 6.07) is 7.16. The fourth-order valence-electron chi connectivity index (χ4n) is 4.60. The Labute approximate surface area is 271 Å². The molecule has 6 unspecified atom stereocenters. The molecule has 0 bridgehead atoms. The van der Waals surface area contributed by atoms with Crippen molar-refractivity contribution >= 4 is 87.9 Å². The predicted molar refractivity (Wildman–Crippen MR) is 183 cm³/mol. The standard InChI is InChI=1S/C25H46O10PS2Si5/c1-19(24(26)30-21-12-14-22(15-13-21)36(28)38-37)17-42(10,33-39(3)32-40(4,5)6)35-43(11,34-41(7,8)9)18-20(2)25(27)31-23-16-29-23/h12-15,19-20,23H,16-18H2,1-11H3. The van der Waals surface area contributed by atoms with Gasteiger partial charge in [-0.1, -0.05) is 13.8 Å². The Bertz CT molecular complexity index is 1170. The maximum absolute atomic E-state index is 13.3. The Hall–Kier alpha value is -0.256. The van der Waals surface area contributed by atoms with Gasteiger partial charge in [0, 0.05) is 23.3 Å². The first-order valence-electron chi connectivity index (χ1n) is 14.2. The van der Waals surface area contributed by atoms with Crippen molar-refractivity contribution in [3.63, 3.8) is 0 Å². The van der Waals surface area contributed by atoms with Crippen molar-refractivity contribution in [3.05, 3.63) is 24.3 Å². The smallest absolute Gasteiger partial charge is 0.360 e. The van der Waals surface area contributed by atoms with Crippen LogP contribution in [0.25, 0.3) is 0 Å². The summed E-state index contributed by atoms with van der Waals surface area (Å²) >= 11 is 4.82. The van der Waals surface area contributed by atoms with Crippen molar-refractivity contribution in [2.24, 2.45) is 11.8 Å². The molecule has 1 aliphatic rings. The van der Waals surface area contributed by atoms with Gasteiger partial charge in [-0.3, -0.25) is 9.59 Å². The van der Waals surface area contributed by atoms with Gasteiger partial charge >= 0.3 is 38.3 Å². The Morgan fingerprint density at radius 3 is 1.98 bits per heavy atom. The normalized spacial score (nSPS) is 19.9. The molecule has 1 aliphatic heterocycles. The number of carbonyl (C=O) groups excluding carboxylic acids is 2. The van der Waals surface area contributed by atoms with Gasteiger partial charge in [0.1, 0.15) is 21.9 Å². The molecule has 0 saturated carbocycles. The van der Waals surface area contributed by atoms with Crippen LogP contribution in [0.2, 0.25) is 71.0 Å². The number of benzene rings is 1. The quantitative estimate of drug-likeness (QED) is 0.0732. The maximum Gasteiger partial charge on any atom is 0.360 e. The van der Waals surface area contributed by atoms with Crippen molar-refractivity contribution in [2.45, 2.75) is 91.1 Å². The number of epoxide rings is 1. The molecule has 10 nitrogen and oxygen atoms in total. The lowest BCUT2D eigenvalue weighted by atomic mass is 10.2. The molecule has 0 aromatic heterocycles. The number of carbonyl (C=O) groups is 2. The lowest BCUT2D eigenvalue weighted by Gasteiger charge is -2.42. The average molecular weight is 742 g/mol. The van der Waals surface area contributed by atoms with Crippen molar-refractivity contribution in [1.82, 2.24) is 0 Å². The molecule has 2 rings (SSSR count). The molecule has 0 amide bonds. The van der Waals surface area contributed by atoms with Crippen LogP contribution in [0.1, 0.15) is 13.8 Å². The summed E-state index contributed by atoms with van der Waals surface area (Å²) in [5.74, 6) is -1.49. The maximum atomic E-state index is 13.3. The summed E-state index contributed by atoms with van der Waals surface area (Å²) in [7, 11) is -11.2. The Morgan fingerprint density at radius 1 is 0.953 bits per heavy atom. The van der Waals surface area contributed by atoms with E-state index in [0.717, 1.165) is 9.50 Å². The number of ether oxygens (including phenoxy) is 3. The van der Waals surface area contributed by atoms with E-state index >= 15 is 0 Å². The van der Waals surface area contributed by atoms with Gasteiger partial charge in [0.25, 0.3) is 0 Å². The zero-order chi connectivity index (χ0) is 32.8. The van der Waals surface area contributed by atoms with Crippen molar-refractivity contribution in [2.75, 3.05) is 6.61 Å². The molecule has 1 aromatic rings. The zero-order valence-electron chi connectivity index (χ0n) is 27.0. The highest BCUT2D eigenvalue weighted by atomic mass is 32.9. The Balaban J connectivity index is 2.31. The van der Waals surface area contributed by atoms with Gasteiger partial charge in [-0.05, 0) is 83.2 Å². The molecule has 1 fully saturated rings. The molecule has 0 aliphatic carbocycles. The summed E-state index contributed by atoms with van der Waals surface area (Å²) < 4.78 is 42.8. The lowest BCUT2D eigenvalue weighted by molar-refractivity contribution is -0.152. The van der Waals surface area contributed by atoms with Crippen LogP contribution in [0.15, 0.2) is 24.3 Å². The minimum atomic E-state index is -3.17. The minimum Gasteiger partial charge on any atom is -0.615 e. The molecule has 43 heavy (non-hydrogen) atoms. The first-order valence-corrected chi connectivity index (χ1v) is 31.4. The van der Waals surface area contributed by atoms with E-state index in [2.05, 4.69) is 39.3 Å². The van der Waals surface area contributed by atoms with E-state index in [1.54, 1.807) is 31.2 Å². The fourth-order valence-corrected chi connectivity index (χ4v) is 26.7. The summed E-state index contributed by atoms with van der Waals surface area (Å²) in [6.07, 6.45) is -0.472. The van der Waals surface area contributed by atoms with Crippen LogP contribution in [-0.2, 0) is 56.2 Å². The van der Waals surface area contributed by atoms with E-state index in [0.29, 0.717) is 29.7 Å². The van der Waals surface area contributed by atoms with E-state index < -0.39 is 74.1 Å². The van der Waals surface area contributed by atoms with Crippen LogP contribution in [0.3, 0.4) is 0 Å². The molecule has 18 heteroatoms. The first kappa shape index (κ1) is 38.9. The van der Waals surface area contributed by atoms with Crippen LogP contribution in [0.5, 0.6) is 5.75 Å². The largest absolute Gasteiger partial charge is 0.615 e. The Kier molecular flexibility index (Phi) is 14.5. The van der Waals surface area contributed by atoms with E-state index in [4.69, 9.17) is 41.9 Å². The average Bonchev–Trinajstić information content (AvgIpc) is 3.64. The number of esters is 2. The summed E-state index contributed by atoms with van der Waals surface area (Å²) in [6.45, 7) is 20.7. The van der Waals surface area contributed by atoms with Gasteiger partial charge in [-0.25, -0.2) is 0 Å². The van der Waals surface area contributed by atoms with Crippen LogP contribution in [-0.4, -0.2) is 67.9 Å². The molecule has 1 saturated heterocycles. The predicted octanol–water partition coefficient (Wildman–Crippen LogP) is 4.60. The lowest BCUT2D eigenvalue weighted by Crippen LogP contribution is -2.59. The van der Waals surface area contributed by atoms with E-state index in [1.807, 2.05) is 26.6 Å². The zero-order valence-corrected chi connectivity index (χ0v) is 34.5. The molecule has 6 atom stereocenters. The van der Waals surface area contributed by atoms with Gasteiger partial charge in [-0.15, -0.1) is 0 Å². The third-order valence-corrected chi connectivity index (χ3v) is 25.7. The summed E-state index contributed by atoms with van der Waals surface area (Å²) in [5, 5.41) is 0.582. The first-order chi connectivity index (χ1) is 19.6. The molecule has 1 heterocycles. The highest BCUT2D eigenvalue weighted by Crippen LogP contribution is 2.33. The van der Waals surface area contributed by atoms with E-state index in [1.165, 1.54) is 0 Å². The van der Waals surface area contributed by atoms with E-state index in [-0.39, 0.29) is 5.97 Å². The van der Waals surface area contributed by atoms with Crippen molar-refractivity contribution in [3.8, 4) is 5.75 Å². The van der Waals surface area contributed by atoms with Crippen LogP contribution in [0, 0.1) is 11.8 Å². The fraction of sp³-hybridized carbons (Fsp3) is 0.680. The molecule has 0 N–H and O–H groups in total. The SMILES string of the molecule is CC(C[Si](C)(O[Si](C)O[Si](C)(C)C)O[Si](C)(CC(C)C(=O)OC1CO1)O[Si](C)(C)C)C(=O)Oc1ccc([P+]([O-])=S=S)cc1. The topological polar surface area (TPSA) is 125 Å². The van der Waals surface area contributed by atoms with Gasteiger partial charge in [0.05, 0.1) is 11.8 Å². The third-order valence-electron chi connectivity index (χ3n) is 5.81. The van der Waals surface area contributed by atoms with Crippen LogP contribution < -0.4 is 14.9 Å². The Morgan fingerprint density at radius 2 is 1.49 bits per heavy atom.